The quantitative estimate of drug-likeness (QED) is 0.288. The number of nitrogens with one attached hydrogen (secondary N) is 3. The monoisotopic (exact) mass is 503 g/mol. The SMILES string of the molecule is CCNC(=NCC(=O)NC(C)(C)C)NCC(=O)N(CC)Cc1ccccc1.I. The van der Waals surface area contributed by atoms with Gasteiger partial charge < -0.3 is 20.9 Å². The molecule has 7 nitrogen and oxygen atoms in total. The maximum Gasteiger partial charge on any atom is 0.242 e. The third kappa shape index (κ3) is 11.1. The summed E-state index contributed by atoms with van der Waals surface area (Å²) in [5.74, 6) is 0.266. The molecule has 1 aromatic rings. The largest absolute Gasteiger partial charge is 0.357 e. The van der Waals surface area contributed by atoms with E-state index in [-0.39, 0.29) is 54.4 Å². The van der Waals surface area contributed by atoms with E-state index in [0.717, 1.165) is 5.56 Å². The first-order chi connectivity index (χ1) is 12.7. The van der Waals surface area contributed by atoms with E-state index in [2.05, 4.69) is 20.9 Å². The van der Waals surface area contributed by atoms with Gasteiger partial charge in [0.15, 0.2) is 5.96 Å². The molecule has 0 saturated heterocycles. The van der Waals surface area contributed by atoms with Gasteiger partial charge >= 0.3 is 0 Å². The second kappa shape index (κ2) is 13.4. The minimum atomic E-state index is -0.298. The van der Waals surface area contributed by atoms with Crippen molar-refractivity contribution in [3.05, 3.63) is 35.9 Å². The number of rotatable bonds is 8. The van der Waals surface area contributed by atoms with Crippen LogP contribution in [0.2, 0.25) is 0 Å². The summed E-state index contributed by atoms with van der Waals surface area (Å²) in [5.41, 5.74) is 0.792. The Hall–Kier alpha value is -1.84. The zero-order chi connectivity index (χ0) is 20.3. The number of guanidine groups is 1. The molecule has 0 aliphatic rings. The third-order valence-corrected chi connectivity index (χ3v) is 3.60. The second-order valence-corrected chi connectivity index (χ2v) is 7.24. The van der Waals surface area contributed by atoms with Gasteiger partial charge in [-0.1, -0.05) is 30.3 Å². The highest BCUT2D eigenvalue weighted by Gasteiger charge is 2.15. The van der Waals surface area contributed by atoms with Crippen LogP contribution in [0.1, 0.15) is 40.2 Å². The Morgan fingerprint density at radius 1 is 1.07 bits per heavy atom. The number of likely N-dealkylation sites (N-methyl/N-ethyl adjacent to an activating group) is 1. The summed E-state index contributed by atoms with van der Waals surface area (Å²) in [6.45, 7) is 11.6. The highest BCUT2D eigenvalue weighted by atomic mass is 127. The van der Waals surface area contributed by atoms with Crippen molar-refractivity contribution >= 4 is 41.8 Å². The van der Waals surface area contributed by atoms with Crippen molar-refractivity contribution in [3.8, 4) is 0 Å². The molecule has 1 rings (SSSR count). The maximum atomic E-state index is 12.5. The zero-order valence-electron chi connectivity index (χ0n) is 17.5. The predicted octanol–water partition coefficient (Wildman–Crippen LogP) is 2.12. The van der Waals surface area contributed by atoms with Gasteiger partial charge in [0.2, 0.25) is 11.8 Å². The molecule has 1 aromatic carbocycles. The van der Waals surface area contributed by atoms with Gasteiger partial charge in [0.1, 0.15) is 6.54 Å². The van der Waals surface area contributed by atoms with E-state index in [1.807, 2.05) is 65.0 Å². The first-order valence-electron chi connectivity index (χ1n) is 9.40. The molecular formula is C20H34IN5O2. The molecule has 0 radical (unpaired) electrons. The lowest BCUT2D eigenvalue weighted by Gasteiger charge is -2.22. The fourth-order valence-electron chi connectivity index (χ4n) is 2.40. The number of carbonyl (C=O) groups is 2. The van der Waals surface area contributed by atoms with Crippen molar-refractivity contribution in [1.82, 2.24) is 20.9 Å². The van der Waals surface area contributed by atoms with Gasteiger partial charge in [0, 0.05) is 25.2 Å². The topological polar surface area (TPSA) is 85.8 Å². The van der Waals surface area contributed by atoms with E-state index in [1.165, 1.54) is 0 Å². The van der Waals surface area contributed by atoms with E-state index in [9.17, 15) is 9.59 Å². The Balaban J connectivity index is 0.00000729. The van der Waals surface area contributed by atoms with Gasteiger partial charge in [0.25, 0.3) is 0 Å². The molecule has 0 heterocycles. The van der Waals surface area contributed by atoms with Crippen LogP contribution in [-0.2, 0) is 16.1 Å². The van der Waals surface area contributed by atoms with Gasteiger partial charge in [-0.3, -0.25) is 9.59 Å². The molecule has 0 fully saturated rings. The second-order valence-electron chi connectivity index (χ2n) is 7.24. The summed E-state index contributed by atoms with van der Waals surface area (Å²) >= 11 is 0. The van der Waals surface area contributed by atoms with Crippen LogP contribution in [-0.4, -0.2) is 54.4 Å². The van der Waals surface area contributed by atoms with Crippen molar-refractivity contribution < 1.29 is 9.59 Å². The van der Waals surface area contributed by atoms with Gasteiger partial charge in [-0.15, -0.1) is 24.0 Å². The standard InChI is InChI=1S/C20H33N5O2.HI/c1-6-21-19(22-13-17(26)24-20(3,4)5)23-14-18(27)25(7-2)15-16-11-9-8-10-12-16;/h8-12H,6-7,13-15H2,1-5H3,(H,24,26)(H2,21,22,23);1H. The Morgan fingerprint density at radius 3 is 2.25 bits per heavy atom. The number of nitrogens with zero attached hydrogens (tertiary/aromatic N) is 2. The molecule has 0 saturated carbocycles. The lowest BCUT2D eigenvalue weighted by Crippen LogP contribution is -2.45. The van der Waals surface area contributed by atoms with Crippen molar-refractivity contribution in [2.75, 3.05) is 26.2 Å². The van der Waals surface area contributed by atoms with Crippen molar-refractivity contribution in [2.24, 2.45) is 4.99 Å². The molecule has 0 unspecified atom stereocenters. The number of halogens is 1. The summed E-state index contributed by atoms with van der Waals surface area (Å²) in [4.78, 5) is 30.5. The minimum absolute atomic E-state index is 0. The van der Waals surface area contributed by atoms with E-state index in [0.29, 0.717) is 25.6 Å². The first-order valence-corrected chi connectivity index (χ1v) is 9.40. The molecule has 3 N–H and O–H groups in total. The number of hydrogen-bond acceptors (Lipinski definition) is 3. The Labute approximate surface area is 185 Å². The Bertz CT molecular complexity index is 629. The predicted molar refractivity (Wildman–Crippen MR) is 125 cm³/mol. The summed E-state index contributed by atoms with van der Waals surface area (Å²) in [6.07, 6.45) is 0. The van der Waals surface area contributed by atoms with Crippen LogP contribution in [0.5, 0.6) is 0 Å². The minimum Gasteiger partial charge on any atom is -0.357 e. The summed E-state index contributed by atoms with van der Waals surface area (Å²) in [6, 6.07) is 9.89. The van der Waals surface area contributed by atoms with E-state index in [4.69, 9.17) is 0 Å². The zero-order valence-corrected chi connectivity index (χ0v) is 19.9. The smallest absolute Gasteiger partial charge is 0.242 e. The molecule has 0 spiro atoms. The number of amides is 2. The van der Waals surface area contributed by atoms with Gasteiger partial charge in [-0.25, -0.2) is 4.99 Å². The molecule has 0 bridgehead atoms. The van der Waals surface area contributed by atoms with Crippen LogP contribution >= 0.6 is 24.0 Å². The molecule has 0 aliphatic heterocycles. The van der Waals surface area contributed by atoms with Crippen LogP contribution in [0, 0.1) is 0 Å². The normalized spacial score (nSPS) is 11.2. The molecule has 0 atom stereocenters. The van der Waals surface area contributed by atoms with E-state index < -0.39 is 0 Å². The summed E-state index contributed by atoms with van der Waals surface area (Å²) < 4.78 is 0. The van der Waals surface area contributed by atoms with Crippen molar-refractivity contribution in [2.45, 2.75) is 46.7 Å². The maximum absolute atomic E-state index is 12.5. The van der Waals surface area contributed by atoms with Crippen LogP contribution in [0.15, 0.2) is 35.3 Å². The lowest BCUT2D eigenvalue weighted by atomic mass is 10.1. The first kappa shape index (κ1) is 26.2. The van der Waals surface area contributed by atoms with Crippen LogP contribution in [0.25, 0.3) is 0 Å². The highest BCUT2D eigenvalue weighted by Crippen LogP contribution is 2.04. The van der Waals surface area contributed by atoms with E-state index >= 15 is 0 Å². The van der Waals surface area contributed by atoms with Gasteiger partial charge in [-0.05, 0) is 40.2 Å². The number of hydrogen-bond donors (Lipinski definition) is 3. The van der Waals surface area contributed by atoms with E-state index in [1.54, 1.807) is 4.90 Å². The average molecular weight is 503 g/mol. The molecule has 0 aliphatic carbocycles. The number of benzene rings is 1. The summed E-state index contributed by atoms with van der Waals surface area (Å²) in [7, 11) is 0. The molecular weight excluding hydrogens is 469 g/mol. The Morgan fingerprint density at radius 2 is 1.71 bits per heavy atom. The molecule has 158 valence electrons. The highest BCUT2D eigenvalue weighted by molar-refractivity contribution is 14.0. The van der Waals surface area contributed by atoms with Crippen molar-refractivity contribution in [3.63, 3.8) is 0 Å². The molecule has 0 aromatic heterocycles. The van der Waals surface area contributed by atoms with Gasteiger partial charge in [0.05, 0.1) is 6.54 Å². The Kier molecular flexibility index (Phi) is 12.5. The van der Waals surface area contributed by atoms with Crippen molar-refractivity contribution in [1.29, 1.82) is 0 Å². The van der Waals surface area contributed by atoms with Crippen LogP contribution in [0.3, 0.4) is 0 Å². The van der Waals surface area contributed by atoms with Gasteiger partial charge in [-0.2, -0.15) is 0 Å². The average Bonchev–Trinajstić information content (AvgIpc) is 2.61. The summed E-state index contributed by atoms with van der Waals surface area (Å²) in [5, 5.41) is 8.92. The number of carbonyl (C=O) groups excluding carboxylic acids is 2. The molecule has 8 heteroatoms. The molecule has 2 amide bonds. The number of aliphatic imine (C=N–C) groups is 1. The fourth-order valence-corrected chi connectivity index (χ4v) is 2.40. The van der Waals surface area contributed by atoms with Crippen LogP contribution in [0.4, 0.5) is 0 Å². The lowest BCUT2D eigenvalue weighted by molar-refractivity contribution is -0.130. The molecule has 28 heavy (non-hydrogen) atoms. The van der Waals surface area contributed by atoms with Crippen LogP contribution < -0.4 is 16.0 Å². The fraction of sp³-hybridized carbons (Fsp3) is 0.550. The third-order valence-electron chi connectivity index (χ3n) is 3.60.